The first kappa shape index (κ1) is 14.2. The van der Waals surface area contributed by atoms with Crippen molar-refractivity contribution in [2.45, 2.75) is 46.1 Å². The molecule has 0 radical (unpaired) electrons. The third-order valence-electron chi connectivity index (χ3n) is 3.23. The van der Waals surface area contributed by atoms with Gasteiger partial charge in [-0.15, -0.1) is 0 Å². The van der Waals surface area contributed by atoms with Crippen LogP contribution in [0.5, 0.6) is 0 Å². The van der Waals surface area contributed by atoms with Gasteiger partial charge in [0.2, 0.25) is 0 Å². The Balaban J connectivity index is 2.54. The third kappa shape index (κ3) is 4.86. The number of nitrogens with one attached hydrogen (secondary N) is 1. The SMILES string of the molecule is CCCNC(CC)C(C)Cc1cccc(F)c1. The fraction of sp³-hybridized carbons (Fsp3) is 0.600. The number of hydrogen-bond donors (Lipinski definition) is 1. The Morgan fingerprint density at radius 1 is 1.29 bits per heavy atom. The number of rotatable bonds is 7. The molecule has 1 N–H and O–H groups in total. The van der Waals surface area contributed by atoms with Crippen LogP contribution in [0.2, 0.25) is 0 Å². The third-order valence-corrected chi connectivity index (χ3v) is 3.23. The van der Waals surface area contributed by atoms with Gasteiger partial charge in [-0.1, -0.05) is 32.9 Å². The molecule has 0 saturated carbocycles. The zero-order valence-corrected chi connectivity index (χ0v) is 11.2. The molecule has 2 unspecified atom stereocenters. The van der Waals surface area contributed by atoms with Gasteiger partial charge in [-0.2, -0.15) is 0 Å². The highest BCUT2D eigenvalue weighted by molar-refractivity contribution is 5.17. The Morgan fingerprint density at radius 2 is 2.06 bits per heavy atom. The van der Waals surface area contributed by atoms with Gasteiger partial charge in [0.25, 0.3) is 0 Å². The number of hydrogen-bond acceptors (Lipinski definition) is 1. The normalized spacial score (nSPS) is 14.6. The van der Waals surface area contributed by atoms with E-state index in [-0.39, 0.29) is 5.82 Å². The van der Waals surface area contributed by atoms with Gasteiger partial charge in [0.15, 0.2) is 0 Å². The van der Waals surface area contributed by atoms with E-state index in [4.69, 9.17) is 0 Å². The van der Waals surface area contributed by atoms with E-state index in [0.29, 0.717) is 12.0 Å². The van der Waals surface area contributed by atoms with E-state index in [1.807, 2.05) is 6.07 Å². The van der Waals surface area contributed by atoms with Crippen LogP contribution in [-0.4, -0.2) is 12.6 Å². The summed E-state index contributed by atoms with van der Waals surface area (Å²) in [5.41, 5.74) is 1.09. The van der Waals surface area contributed by atoms with Gasteiger partial charge in [-0.3, -0.25) is 0 Å². The maximum atomic E-state index is 13.1. The molecule has 1 aromatic carbocycles. The number of halogens is 1. The molecule has 1 aromatic rings. The summed E-state index contributed by atoms with van der Waals surface area (Å²) in [6.45, 7) is 7.68. The Morgan fingerprint density at radius 3 is 2.65 bits per heavy atom. The Hall–Kier alpha value is -0.890. The lowest BCUT2D eigenvalue weighted by molar-refractivity contribution is 0.364. The van der Waals surface area contributed by atoms with E-state index in [0.717, 1.165) is 31.4 Å². The molecule has 0 heterocycles. The molecule has 0 bridgehead atoms. The average Bonchev–Trinajstić information content (AvgIpc) is 2.30. The summed E-state index contributed by atoms with van der Waals surface area (Å²) in [6, 6.07) is 7.46. The Kier molecular flexibility index (Phi) is 6.20. The van der Waals surface area contributed by atoms with Crippen LogP contribution < -0.4 is 5.32 Å². The molecular formula is C15H24FN. The van der Waals surface area contributed by atoms with E-state index in [9.17, 15) is 4.39 Å². The highest BCUT2D eigenvalue weighted by Gasteiger charge is 2.15. The summed E-state index contributed by atoms with van der Waals surface area (Å²) < 4.78 is 13.1. The maximum Gasteiger partial charge on any atom is 0.123 e. The molecule has 0 saturated heterocycles. The fourth-order valence-electron chi connectivity index (χ4n) is 2.26. The molecule has 1 rings (SSSR count). The molecule has 96 valence electrons. The van der Waals surface area contributed by atoms with Crippen LogP contribution in [0.3, 0.4) is 0 Å². The van der Waals surface area contributed by atoms with E-state index in [1.54, 1.807) is 12.1 Å². The molecule has 0 fully saturated rings. The number of benzene rings is 1. The minimum Gasteiger partial charge on any atom is -0.314 e. The predicted molar refractivity (Wildman–Crippen MR) is 71.6 cm³/mol. The van der Waals surface area contributed by atoms with Gasteiger partial charge in [-0.05, 0) is 49.4 Å². The Bertz CT molecular complexity index is 324. The molecule has 0 aliphatic rings. The summed E-state index contributed by atoms with van der Waals surface area (Å²) >= 11 is 0. The van der Waals surface area contributed by atoms with Gasteiger partial charge in [0.1, 0.15) is 5.82 Å². The van der Waals surface area contributed by atoms with Crippen LogP contribution in [-0.2, 0) is 6.42 Å². The molecule has 1 nitrogen and oxygen atoms in total. The molecule has 0 aliphatic carbocycles. The first-order chi connectivity index (χ1) is 8.17. The second-order valence-corrected chi connectivity index (χ2v) is 4.78. The largest absolute Gasteiger partial charge is 0.314 e. The lowest BCUT2D eigenvalue weighted by Crippen LogP contribution is -2.35. The van der Waals surface area contributed by atoms with Crippen molar-refractivity contribution in [2.24, 2.45) is 5.92 Å². The lowest BCUT2D eigenvalue weighted by Gasteiger charge is -2.24. The van der Waals surface area contributed by atoms with Crippen molar-refractivity contribution in [3.05, 3.63) is 35.6 Å². The van der Waals surface area contributed by atoms with Gasteiger partial charge < -0.3 is 5.32 Å². The van der Waals surface area contributed by atoms with Crippen molar-refractivity contribution in [1.29, 1.82) is 0 Å². The van der Waals surface area contributed by atoms with Crippen molar-refractivity contribution in [2.75, 3.05) is 6.54 Å². The smallest absolute Gasteiger partial charge is 0.123 e. The van der Waals surface area contributed by atoms with E-state index >= 15 is 0 Å². The van der Waals surface area contributed by atoms with Crippen molar-refractivity contribution in [3.8, 4) is 0 Å². The van der Waals surface area contributed by atoms with Crippen molar-refractivity contribution >= 4 is 0 Å². The molecule has 17 heavy (non-hydrogen) atoms. The predicted octanol–water partition coefficient (Wildman–Crippen LogP) is 3.78. The van der Waals surface area contributed by atoms with Crippen LogP contribution in [0.1, 0.15) is 39.2 Å². The van der Waals surface area contributed by atoms with Crippen molar-refractivity contribution < 1.29 is 4.39 Å². The molecular weight excluding hydrogens is 213 g/mol. The highest BCUT2D eigenvalue weighted by atomic mass is 19.1. The maximum absolute atomic E-state index is 13.1. The summed E-state index contributed by atoms with van der Waals surface area (Å²) in [5, 5.41) is 3.56. The first-order valence-electron chi connectivity index (χ1n) is 6.65. The van der Waals surface area contributed by atoms with Crippen LogP contribution in [0.4, 0.5) is 4.39 Å². The summed E-state index contributed by atoms with van der Waals surface area (Å²) in [4.78, 5) is 0. The molecule has 2 atom stereocenters. The second-order valence-electron chi connectivity index (χ2n) is 4.78. The van der Waals surface area contributed by atoms with E-state index in [1.165, 1.54) is 6.07 Å². The van der Waals surface area contributed by atoms with Crippen molar-refractivity contribution in [3.63, 3.8) is 0 Å². The minimum atomic E-state index is -0.135. The summed E-state index contributed by atoms with van der Waals surface area (Å²) in [7, 11) is 0. The lowest BCUT2D eigenvalue weighted by atomic mass is 9.92. The Labute approximate surface area is 104 Å². The van der Waals surface area contributed by atoms with Crippen LogP contribution in [0, 0.1) is 11.7 Å². The van der Waals surface area contributed by atoms with Crippen LogP contribution in [0.15, 0.2) is 24.3 Å². The monoisotopic (exact) mass is 237 g/mol. The van der Waals surface area contributed by atoms with Gasteiger partial charge in [0.05, 0.1) is 0 Å². The fourth-order valence-corrected chi connectivity index (χ4v) is 2.26. The molecule has 0 aromatic heterocycles. The second kappa shape index (κ2) is 7.44. The van der Waals surface area contributed by atoms with Crippen molar-refractivity contribution in [1.82, 2.24) is 5.32 Å². The molecule has 0 spiro atoms. The molecule has 2 heteroatoms. The van der Waals surface area contributed by atoms with E-state index in [2.05, 4.69) is 26.1 Å². The summed E-state index contributed by atoms with van der Waals surface area (Å²) in [6.07, 6.45) is 3.21. The minimum absolute atomic E-state index is 0.135. The molecule has 0 aliphatic heterocycles. The topological polar surface area (TPSA) is 12.0 Å². The quantitative estimate of drug-likeness (QED) is 0.761. The van der Waals surface area contributed by atoms with Gasteiger partial charge in [0, 0.05) is 6.04 Å². The van der Waals surface area contributed by atoms with E-state index < -0.39 is 0 Å². The average molecular weight is 237 g/mol. The summed E-state index contributed by atoms with van der Waals surface area (Å²) in [5.74, 6) is 0.401. The zero-order valence-electron chi connectivity index (χ0n) is 11.2. The standard InChI is InChI=1S/C15H24FN/c1-4-9-17-15(5-2)12(3)10-13-7-6-8-14(16)11-13/h6-8,11-12,15,17H,4-5,9-10H2,1-3H3. The van der Waals surface area contributed by atoms with Gasteiger partial charge >= 0.3 is 0 Å². The highest BCUT2D eigenvalue weighted by Crippen LogP contribution is 2.15. The van der Waals surface area contributed by atoms with Gasteiger partial charge in [-0.25, -0.2) is 4.39 Å². The van der Waals surface area contributed by atoms with Crippen LogP contribution >= 0.6 is 0 Å². The zero-order chi connectivity index (χ0) is 12.7. The molecule has 0 amide bonds. The van der Waals surface area contributed by atoms with Crippen LogP contribution in [0.25, 0.3) is 0 Å². The first-order valence-corrected chi connectivity index (χ1v) is 6.65.